The molecule has 2 rings (SSSR count). The van der Waals surface area contributed by atoms with Crippen molar-refractivity contribution in [3.63, 3.8) is 0 Å². The van der Waals surface area contributed by atoms with E-state index in [1.165, 1.54) is 0 Å². The molecule has 1 saturated heterocycles. The molecule has 0 spiro atoms. The van der Waals surface area contributed by atoms with Gasteiger partial charge in [-0.3, -0.25) is 9.78 Å². The number of hydrogen-bond donors (Lipinski definition) is 0. The van der Waals surface area contributed by atoms with Gasteiger partial charge in [-0.15, -0.1) is 0 Å². The van der Waals surface area contributed by atoms with Crippen LogP contribution in [0.1, 0.15) is 6.42 Å². The first-order valence-electron chi connectivity index (χ1n) is 4.68. The molecule has 1 atom stereocenters. The number of carbonyl (C=O) groups is 1. The lowest BCUT2D eigenvalue weighted by Crippen LogP contribution is -2.25. The minimum absolute atomic E-state index is 0.186. The fourth-order valence-corrected chi connectivity index (χ4v) is 2.60. The van der Waals surface area contributed by atoms with E-state index in [0.29, 0.717) is 12.3 Å². The van der Waals surface area contributed by atoms with Crippen LogP contribution in [0, 0.1) is 5.92 Å². The molecule has 0 aromatic carbocycles. The number of carbonyl (C=O) groups excluding carboxylic acids is 1. The standard InChI is InChI=1S/C10H10Br2N2O/c11-4-7-3-10(15)14(6-7)9-1-2-13-5-8(9)12/h1-2,5,7H,3-4,6H2. The third-order valence-corrected chi connectivity index (χ3v) is 3.99. The average molecular weight is 334 g/mol. The van der Waals surface area contributed by atoms with Crippen LogP contribution in [0.4, 0.5) is 5.69 Å². The van der Waals surface area contributed by atoms with Crippen molar-refractivity contribution >= 4 is 43.5 Å². The van der Waals surface area contributed by atoms with Crippen LogP contribution in [-0.4, -0.2) is 22.8 Å². The summed E-state index contributed by atoms with van der Waals surface area (Å²) in [6.45, 7) is 0.784. The zero-order chi connectivity index (χ0) is 10.8. The van der Waals surface area contributed by atoms with Crippen molar-refractivity contribution in [3.8, 4) is 0 Å². The van der Waals surface area contributed by atoms with Gasteiger partial charge in [-0.1, -0.05) is 15.9 Å². The minimum atomic E-state index is 0.186. The molecule has 1 aliphatic heterocycles. The maximum atomic E-state index is 11.8. The molecule has 3 nitrogen and oxygen atoms in total. The monoisotopic (exact) mass is 332 g/mol. The van der Waals surface area contributed by atoms with Gasteiger partial charge in [0.15, 0.2) is 0 Å². The van der Waals surface area contributed by atoms with Gasteiger partial charge < -0.3 is 4.90 Å². The zero-order valence-corrected chi connectivity index (χ0v) is 11.2. The van der Waals surface area contributed by atoms with E-state index in [-0.39, 0.29) is 5.91 Å². The maximum absolute atomic E-state index is 11.8. The van der Waals surface area contributed by atoms with Crippen LogP contribution < -0.4 is 4.90 Å². The van der Waals surface area contributed by atoms with Crippen molar-refractivity contribution in [2.45, 2.75) is 6.42 Å². The molecule has 0 N–H and O–H groups in total. The Bertz CT molecular complexity index is 383. The predicted molar refractivity (Wildman–Crippen MR) is 66.2 cm³/mol. The van der Waals surface area contributed by atoms with Crippen molar-refractivity contribution in [1.29, 1.82) is 0 Å². The van der Waals surface area contributed by atoms with Crippen LogP contribution in [0.3, 0.4) is 0 Å². The number of amides is 1. The summed E-state index contributed by atoms with van der Waals surface area (Å²) < 4.78 is 0.869. The zero-order valence-electron chi connectivity index (χ0n) is 7.99. The van der Waals surface area contributed by atoms with Crippen LogP contribution in [0.15, 0.2) is 22.9 Å². The van der Waals surface area contributed by atoms with Crippen molar-refractivity contribution < 1.29 is 4.79 Å². The van der Waals surface area contributed by atoms with Gasteiger partial charge in [0.25, 0.3) is 0 Å². The molecule has 5 heteroatoms. The highest BCUT2D eigenvalue weighted by molar-refractivity contribution is 9.10. The number of anilines is 1. The van der Waals surface area contributed by atoms with Gasteiger partial charge in [0.1, 0.15) is 0 Å². The van der Waals surface area contributed by atoms with E-state index in [9.17, 15) is 4.79 Å². The summed E-state index contributed by atoms with van der Waals surface area (Å²) in [5.74, 6) is 0.601. The summed E-state index contributed by atoms with van der Waals surface area (Å²) in [6, 6.07) is 1.86. The van der Waals surface area contributed by atoms with Gasteiger partial charge in [-0.25, -0.2) is 0 Å². The predicted octanol–water partition coefficient (Wildman–Crippen LogP) is 2.59. The molecule has 1 fully saturated rings. The topological polar surface area (TPSA) is 33.2 Å². The summed E-state index contributed by atoms with van der Waals surface area (Å²) >= 11 is 6.83. The molecule has 15 heavy (non-hydrogen) atoms. The highest BCUT2D eigenvalue weighted by Gasteiger charge is 2.30. The molecule has 1 aliphatic rings. The third-order valence-electron chi connectivity index (χ3n) is 2.47. The van der Waals surface area contributed by atoms with E-state index in [0.717, 1.165) is 22.0 Å². The van der Waals surface area contributed by atoms with E-state index in [4.69, 9.17) is 0 Å². The Hall–Kier alpha value is -0.420. The number of rotatable bonds is 2. The second kappa shape index (κ2) is 4.61. The van der Waals surface area contributed by atoms with E-state index in [1.807, 2.05) is 11.0 Å². The third kappa shape index (κ3) is 2.23. The Morgan fingerprint density at radius 2 is 2.40 bits per heavy atom. The first kappa shape index (κ1) is 11.1. The average Bonchev–Trinajstić information content (AvgIpc) is 2.60. The molecule has 2 heterocycles. The molecule has 1 amide bonds. The van der Waals surface area contributed by atoms with E-state index >= 15 is 0 Å². The van der Waals surface area contributed by atoms with Gasteiger partial charge in [-0.05, 0) is 27.9 Å². The molecule has 0 saturated carbocycles. The lowest BCUT2D eigenvalue weighted by molar-refractivity contribution is -0.117. The quantitative estimate of drug-likeness (QED) is 0.779. The molecule has 0 radical (unpaired) electrons. The number of aromatic nitrogens is 1. The smallest absolute Gasteiger partial charge is 0.227 e. The van der Waals surface area contributed by atoms with Crippen LogP contribution in [0.5, 0.6) is 0 Å². The molecule has 1 aromatic heterocycles. The Labute approximate surface area is 105 Å². The minimum Gasteiger partial charge on any atom is -0.311 e. The summed E-state index contributed by atoms with van der Waals surface area (Å²) in [5.41, 5.74) is 0.915. The molecule has 0 aliphatic carbocycles. The van der Waals surface area contributed by atoms with Crippen LogP contribution in [-0.2, 0) is 4.79 Å². The summed E-state index contributed by atoms with van der Waals surface area (Å²) in [5, 5.41) is 0.873. The second-order valence-electron chi connectivity index (χ2n) is 3.56. The summed E-state index contributed by atoms with van der Waals surface area (Å²) in [4.78, 5) is 17.6. The second-order valence-corrected chi connectivity index (χ2v) is 5.06. The number of nitrogens with zero attached hydrogens (tertiary/aromatic N) is 2. The number of halogens is 2. The Morgan fingerprint density at radius 3 is 3.00 bits per heavy atom. The fraction of sp³-hybridized carbons (Fsp3) is 0.400. The van der Waals surface area contributed by atoms with E-state index in [1.54, 1.807) is 12.4 Å². The number of pyridine rings is 1. The summed E-state index contributed by atoms with van der Waals surface area (Å²) in [7, 11) is 0. The normalized spacial score (nSPS) is 21.1. The van der Waals surface area contributed by atoms with Gasteiger partial charge >= 0.3 is 0 Å². The van der Waals surface area contributed by atoms with E-state index < -0.39 is 0 Å². The van der Waals surface area contributed by atoms with Gasteiger partial charge in [0.05, 0.1) is 10.2 Å². The van der Waals surface area contributed by atoms with Gasteiger partial charge in [0.2, 0.25) is 5.91 Å². The van der Waals surface area contributed by atoms with Gasteiger partial charge in [-0.2, -0.15) is 0 Å². The molecule has 0 bridgehead atoms. The van der Waals surface area contributed by atoms with Crippen molar-refractivity contribution in [2.75, 3.05) is 16.8 Å². The molecular weight excluding hydrogens is 324 g/mol. The largest absolute Gasteiger partial charge is 0.311 e. The van der Waals surface area contributed by atoms with Gasteiger partial charge in [0, 0.05) is 30.7 Å². The number of hydrogen-bond acceptors (Lipinski definition) is 2. The summed E-state index contributed by atoms with van der Waals surface area (Å²) in [6.07, 6.45) is 4.04. The lowest BCUT2D eigenvalue weighted by Gasteiger charge is -2.17. The fourth-order valence-electron chi connectivity index (χ4n) is 1.70. The molecular formula is C10H10Br2N2O. The number of alkyl halides is 1. The molecule has 1 unspecified atom stereocenters. The van der Waals surface area contributed by atoms with Crippen LogP contribution in [0.2, 0.25) is 0 Å². The Balaban J connectivity index is 2.25. The van der Waals surface area contributed by atoms with Crippen molar-refractivity contribution in [1.82, 2.24) is 4.98 Å². The Kier molecular flexibility index (Phi) is 3.41. The highest BCUT2D eigenvalue weighted by atomic mass is 79.9. The molecule has 80 valence electrons. The molecule has 1 aromatic rings. The van der Waals surface area contributed by atoms with Crippen molar-refractivity contribution in [2.24, 2.45) is 5.92 Å². The van der Waals surface area contributed by atoms with Crippen molar-refractivity contribution in [3.05, 3.63) is 22.9 Å². The first-order valence-corrected chi connectivity index (χ1v) is 6.59. The maximum Gasteiger partial charge on any atom is 0.227 e. The van der Waals surface area contributed by atoms with Crippen LogP contribution >= 0.6 is 31.9 Å². The lowest BCUT2D eigenvalue weighted by atomic mass is 10.2. The highest BCUT2D eigenvalue weighted by Crippen LogP contribution is 2.30. The first-order chi connectivity index (χ1) is 7.22. The van der Waals surface area contributed by atoms with E-state index in [2.05, 4.69) is 36.8 Å². The van der Waals surface area contributed by atoms with Crippen LogP contribution in [0.25, 0.3) is 0 Å². The SMILES string of the molecule is O=C1CC(CBr)CN1c1ccncc1Br. The Morgan fingerprint density at radius 1 is 1.60 bits per heavy atom.